The van der Waals surface area contributed by atoms with Gasteiger partial charge in [0.05, 0.1) is 5.25 Å². The van der Waals surface area contributed by atoms with Crippen molar-refractivity contribution in [1.29, 1.82) is 0 Å². The van der Waals surface area contributed by atoms with E-state index < -0.39 is 5.25 Å². The van der Waals surface area contributed by atoms with E-state index in [-0.39, 0.29) is 11.9 Å². The summed E-state index contributed by atoms with van der Waals surface area (Å²) >= 11 is 1.30. The van der Waals surface area contributed by atoms with Crippen LogP contribution in [0.15, 0.2) is 35.5 Å². The fourth-order valence-corrected chi connectivity index (χ4v) is 3.24. The van der Waals surface area contributed by atoms with Crippen molar-refractivity contribution in [3.05, 3.63) is 30.3 Å². The number of thioether (sulfide) groups is 1. The highest BCUT2D eigenvalue weighted by atomic mass is 32.2. The Labute approximate surface area is 138 Å². The minimum absolute atomic E-state index is 0.214. The lowest BCUT2D eigenvalue weighted by Gasteiger charge is -2.16. The van der Waals surface area contributed by atoms with Crippen molar-refractivity contribution in [1.82, 2.24) is 25.0 Å². The van der Waals surface area contributed by atoms with Crippen LogP contribution in [0.4, 0.5) is 4.79 Å². The average molecular weight is 331 g/mol. The minimum Gasteiger partial charge on any atom is -0.336 e. The molecule has 0 saturated carbocycles. The van der Waals surface area contributed by atoms with Crippen LogP contribution in [-0.2, 0) is 11.8 Å². The fraction of sp³-hybridized carbons (Fsp3) is 0.333. The lowest BCUT2D eigenvalue weighted by molar-refractivity contribution is -0.126. The Morgan fingerprint density at radius 1 is 1.30 bits per heavy atom. The van der Waals surface area contributed by atoms with E-state index in [1.54, 1.807) is 6.92 Å². The molecule has 1 atom stereocenters. The number of nitrogens with zero attached hydrogens (tertiary/aromatic N) is 4. The molecule has 7 nitrogen and oxygen atoms in total. The molecule has 1 aromatic carbocycles. The van der Waals surface area contributed by atoms with Gasteiger partial charge in [0.2, 0.25) is 5.91 Å². The minimum atomic E-state index is -0.412. The van der Waals surface area contributed by atoms with E-state index in [1.807, 2.05) is 41.9 Å². The SMILES string of the molecule is C[C@@H](Sc1nnc(-c2ccccc2)n1C)C(=O)N1CCNC1=O. The van der Waals surface area contributed by atoms with Gasteiger partial charge in [0.1, 0.15) is 0 Å². The lowest BCUT2D eigenvalue weighted by Crippen LogP contribution is -2.39. The molecule has 8 heteroatoms. The smallest absolute Gasteiger partial charge is 0.324 e. The number of nitrogens with one attached hydrogen (secondary N) is 1. The highest BCUT2D eigenvalue weighted by molar-refractivity contribution is 8.00. The Bertz CT molecular complexity index is 731. The van der Waals surface area contributed by atoms with Crippen LogP contribution >= 0.6 is 11.8 Å². The molecule has 120 valence electrons. The number of carbonyl (C=O) groups is 2. The van der Waals surface area contributed by atoms with Crippen LogP contribution in [0.3, 0.4) is 0 Å². The summed E-state index contributed by atoms with van der Waals surface area (Å²) in [7, 11) is 1.87. The van der Waals surface area contributed by atoms with E-state index >= 15 is 0 Å². The maximum atomic E-state index is 12.3. The van der Waals surface area contributed by atoms with Crippen LogP contribution in [0.1, 0.15) is 6.92 Å². The number of hydrogen-bond acceptors (Lipinski definition) is 5. The molecule has 3 amide bonds. The van der Waals surface area contributed by atoms with Gasteiger partial charge in [-0.3, -0.25) is 9.69 Å². The van der Waals surface area contributed by atoms with E-state index in [1.165, 1.54) is 16.7 Å². The van der Waals surface area contributed by atoms with Crippen LogP contribution in [0.5, 0.6) is 0 Å². The quantitative estimate of drug-likeness (QED) is 0.859. The van der Waals surface area contributed by atoms with Crippen molar-refractivity contribution >= 4 is 23.7 Å². The van der Waals surface area contributed by atoms with Crippen molar-refractivity contribution in [3.63, 3.8) is 0 Å². The summed E-state index contributed by atoms with van der Waals surface area (Å²) in [5.41, 5.74) is 0.965. The molecule has 0 unspecified atom stereocenters. The lowest BCUT2D eigenvalue weighted by atomic mass is 10.2. The van der Waals surface area contributed by atoms with Crippen LogP contribution < -0.4 is 5.32 Å². The molecule has 1 N–H and O–H groups in total. The van der Waals surface area contributed by atoms with Gasteiger partial charge in [0.15, 0.2) is 11.0 Å². The molecule has 1 saturated heterocycles. The van der Waals surface area contributed by atoms with E-state index in [9.17, 15) is 9.59 Å². The Morgan fingerprint density at radius 2 is 2.04 bits per heavy atom. The van der Waals surface area contributed by atoms with Crippen molar-refractivity contribution in [2.24, 2.45) is 7.05 Å². The monoisotopic (exact) mass is 331 g/mol. The van der Waals surface area contributed by atoms with Gasteiger partial charge < -0.3 is 9.88 Å². The molecule has 0 aliphatic carbocycles. The third kappa shape index (κ3) is 3.07. The van der Waals surface area contributed by atoms with Crippen LogP contribution in [0.25, 0.3) is 11.4 Å². The van der Waals surface area contributed by atoms with Crippen molar-refractivity contribution in [2.75, 3.05) is 13.1 Å². The summed E-state index contributed by atoms with van der Waals surface area (Å²) in [4.78, 5) is 25.2. The van der Waals surface area contributed by atoms with E-state index in [0.717, 1.165) is 11.4 Å². The predicted octanol–water partition coefficient (Wildman–Crippen LogP) is 1.51. The second-order valence-electron chi connectivity index (χ2n) is 5.21. The Morgan fingerprint density at radius 3 is 2.70 bits per heavy atom. The summed E-state index contributed by atoms with van der Waals surface area (Å²) in [5, 5.41) is 11.2. The maximum absolute atomic E-state index is 12.3. The number of benzene rings is 1. The van der Waals surface area contributed by atoms with Gasteiger partial charge in [0, 0.05) is 25.7 Å². The molecule has 0 spiro atoms. The topological polar surface area (TPSA) is 80.1 Å². The summed E-state index contributed by atoms with van der Waals surface area (Å²) in [5.74, 6) is 0.529. The van der Waals surface area contributed by atoms with Crippen LogP contribution in [0.2, 0.25) is 0 Å². The fourth-order valence-electron chi connectivity index (χ4n) is 2.37. The number of urea groups is 1. The molecular formula is C15H17N5O2S. The third-order valence-electron chi connectivity index (χ3n) is 3.62. The first-order valence-electron chi connectivity index (χ1n) is 7.28. The van der Waals surface area contributed by atoms with E-state index in [0.29, 0.717) is 18.2 Å². The number of rotatable bonds is 4. The van der Waals surface area contributed by atoms with Crippen molar-refractivity contribution in [3.8, 4) is 11.4 Å². The second kappa shape index (κ2) is 6.41. The van der Waals surface area contributed by atoms with Crippen LogP contribution in [-0.4, -0.2) is 49.9 Å². The molecule has 1 aliphatic heterocycles. The molecule has 0 bridgehead atoms. The molecule has 1 aliphatic rings. The first-order chi connectivity index (χ1) is 11.1. The highest BCUT2D eigenvalue weighted by Gasteiger charge is 2.31. The molecule has 1 fully saturated rings. The van der Waals surface area contributed by atoms with Gasteiger partial charge in [-0.25, -0.2) is 4.79 Å². The Hall–Kier alpha value is -2.35. The van der Waals surface area contributed by atoms with Gasteiger partial charge >= 0.3 is 6.03 Å². The summed E-state index contributed by atoms with van der Waals surface area (Å²) in [6.07, 6.45) is 0. The Kier molecular flexibility index (Phi) is 4.33. The first kappa shape index (κ1) is 15.5. The predicted molar refractivity (Wildman–Crippen MR) is 86.9 cm³/mol. The largest absolute Gasteiger partial charge is 0.336 e. The zero-order chi connectivity index (χ0) is 16.4. The molecule has 0 radical (unpaired) electrons. The van der Waals surface area contributed by atoms with Gasteiger partial charge in [-0.15, -0.1) is 10.2 Å². The van der Waals surface area contributed by atoms with Gasteiger partial charge in [0.25, 0.3) is 0 Å². The van der Waals surface area contributed by atoms with Gasteiger partial charge in [-0.1, -0.05) is 42.1 Å². The maximum Gasteiger partial charge on any atom is 0.324 e. The van der Waals surface area contributed by atoms with E-state index in [2.05, 4.69) is 15.5 Å². The number of amides is 3. The summed E-state index contributed by atoms with van der Waals surface area (Å²) in [6, 6.07) is 9.41. The third-order valence-corrected chi connectivity index (χ3v) is 4.74. The van der Waals surface area contributed by atoms with Crippen LogP contribution in [0, 0.1) is 0 Å². The van der Waals surface area contributed by atoms with Gasteiger partial charge in [-0.2, -0.15) is 0 Å². The Balaban J connectivity index is 1.75. The number of carbonyl (C=O) groups excluding carboxylic acids is 2. The van der Waals surface area contributed by atoms with E-state index in [4.69, 9.17) is 0 Å². The molecule has 2 heterocycles. The molecule has 2 aromatic rings. The molecular weight excluding hydrogens is 314 g/mol. The first-order valence-corrected chi connectivity index (χ1v) is 8.16. The zero-order valence-corrected chi connectivity index (χ0v) is 13.7. The van der Waals surface area contributed by atoms with Gasteiger partial charge in [-0.05, 0) is 6.92 Å². The van der Waals surface area contributed by atoms with Crippen molar-refractivity contribution < 1.29 is 9.59 Å². The standard InChI is InChI=1S/C15H17N5O2S/c1-10(13(21)20-9-8-16-14(20)22)23-15-18-17-12(19(15)2)11-6-4-3-5-7-11/h3-7,10H,8-9H2,1-2H3,(H,16,22)/t10-/m1/s1. The number of aromatic nitrogens is 3. The average Bonchev–Trinajstić information content (AvgIpc) is 3.14. The summed E-state index contributed by atoms with van der Waals surface area (Å²) in [6.45, 7) is 2.69. The summed E-state index contributed by atoms with van der Waals surface area (Å²) < 4.78 is 1.85. The normalized spacial score (nSPS) is 15.6. The van der Waals surface area contributed by atoms with Crippen molar-refractivity contribution in [2.45, 2.75) is 17.3 Å². The second-order valence-corrected chi connectivity index (χ2v) is 6.52. The molecule has 3 rings (SSSR count). The number of imide groups is 1. The molecule has 1 aromatic heterocycles. The highest BCUT2D eigenvalue weighted by Crippen LogP contribution is 2.26. The molecule has 23 heavy (non-hydrogen) atoms. The number of hydrogen-bond donors (Lipinski definition) is 1. The zero-order valence-electron chi connectivity index (χ0n) is 12.9.